The molecule has 29 heavy (non-hydrogen) atoms. The van der Waals surface area contributed by atoms with E-state index >= 15 is 0 Å². The van der Waals surface area contributed by atoms with Crippen molar-refractivity contribution in [2.24, 2.45) is 11.8 Å². The number of benzene rings is 2. The molecule has 0 spiro atoms. The molecule has 0 unspecified atom stereocenters. The summed E-state index contributed by atoms with van der Waals surface area (Å²) in [5.74, 6) is 0.671. The van der Waals surface area contributed by atoms with Crippen LogP contribution in [0.15, 0.2) is 52.9 Å². The topological polar surface area (TPSA) is 75.4 Å². The second kappa shape index (κ2) is 8.07. The average molecular weight is 391 g/mol. The normalized spacial score (nSPS) is 15.1. The number of hydrogen-bond donors (Lipinski definition) is 1. The van der Waals surface area contributed by atoms with Crippen LogP contribution in [0.25, 0.3) is 22.6 Å². The van der Waals surface area contributed by atoms with Gasteiger partial charge in [-0.15, -0.1) is 0 Å². The van der Waals surface area contributed by atoms with Crippen molar-refractivity contribution in [3.05, 3.63) is 48.5 Å². The third kappa shape index (κ3) is 4.16. The Hall–Kier alpha value is -3.15. The monoisotopic (exact) mass is 391 g/mol. The van der Waals surface area contributed by atoms with Gasteiger partial charge >= 0.3 is 0 Å². The number of carbonyl (C=O) groups excluding carboxylic acids is 2. The molecule has 0 bridgehead atoms. The third-order valence-electron chi connectivity index (χ3n) is 5.36. The quantitative estimate of drug-likeness (QED) is 0.718. The minimum atomic E-state index is -0.0667. The summed E-state index contributed by atoms with van der Waals surface area (Å²) in [6.45, 7) is 5.11. The molecule has 0 saturated carbocycles. The van der Waals surface area contributed by atoms with Crippen molar-refractivity contribution in [2.75, 3.05) is 18.4 Å². The summed E-state index contributed by atoms with van der Waals surface area (Å²) < 4.78 is 5.79. The molecule has 0 aliphatic carbocycles. The Bertz CT molecular complexity index is 982. The predicted octanol–water partition coefficient (Wildman–Crippen LogP) is 4.33. The molecule has 150 valence electrons. The van der Waals surface area contributed by atoms with E-state index in [4.69, 9.17) is 4.42 Å². The lowest BCUT2D eigenvalue weighted by molar-refractivity contribution is -0.137. The summed E-state index contributed by atoms with van der Waals surface area (Å²) in [4.78, 5) is 31.0. The Morgan fingerprint density at radius 3 is 2.41 bits per heavy atom. The van der Waals surface area contributed by atoms with Crippen LogP contribution >= 0.6 is 0 Å². The van der Waals surface area contributed by atoms with Crippen LogP contribution in [0.4, 0.5) is 5.69 Å². The first-order valence-electron chi connectivity index (χ1n) is 10.1. The van der Waals surface area contributed by atoms with E-state index in [1.54, 1.807) is 0 Å². The highest BCUT2D eigenvalue weighted by Crippen LogP contribution is 2.26. The Morgan fingerprint density at radius 2 is 1.76 bits per heavy atom. The second-order valence-corrected chi connectivity index (χ2v) is 7.81. The molecule has 1 fully saturated rings. The fourth-order valence-corrected chi connectivity index (χ4v) is 3.66. The number of rotatable bonds is 4. The van der Waals surface area contributed by atoms with E-state index in [0.29, 0.717) is 31.8 Å². The van der Waals surface area contributed by atoms with E-state index in [9.17, 15) is 9.59 Å². The van der Waals surface area contributed by atoms with Crippen LogP contribution in [-0.4, -0.2) is 34.8 Å². The zero-order valence-electron chi connectivity index (χ0n) is 16.7. The number of anilines is 1. The molecular formula is C23H25N3O3. The third-order valence-corrected chi connectivity index (χ3v) is 5.36. The van der Waals surface area contributed by atoms with Crippen molar-refractivity contribution in [1.82, 2.24) is 9.88 Å². The molecular weight excluding hydrogens is 366 g/mol. The van der Waals surface area contributed by atoms with Crippen molar-refractivity contribution < 1.29 is 14.0 Å². The minimum absolute atomic E-state index is 0.000125. The molecule has 3 aromatic rings. The molecule has 2 aromatic carbocycles. The lowest BCUT2D eigenvalue weighted by atomic mass is 9.95. The molecule has 2 amide bonds. The van der Waals surface area contributed by atoms with Crippen LogP contribution in [0.2, 0.25) is 0 Å². The number of piperidine rings is 1. The van der Waals surface area contributed by atoms with Gasteiger partial charge in [0.2, 0.25) is 17.7 Å². The summed E-state index contributed by atoms with van der Waals surface area (Å²) in [5.41, 5.74) is 3.18. The van der Waals surface area contributed by atoms with Crippen molar-refractivity contribution in [3.8, 4) is 11.5 Å². The zero-order valence-corrected chi connectivity index (χ0v) is 16.7. The number of para-hydroxylation sites is 2. The maximum Gasteiger partial charge on any atom is 0.227 e. The fourth-order valence-electron chi connectivity index (χ4n) is 3.66. The highest BCUT2D eigenvalue weighted by Gasteiger charge is 2.28. The van der Waals surface area contributed by atoms with Gasteiger partial charge in [-0.2, -0.15) is 0 Å². The molecule has 1 aliphatic rings. The number of likely N-dealkylation sites (tertiary alicyclic amines) is 1. The Kier molecular flexibility index (Phi) is 5.34. The number of nitrogens with one attached hydrogen (secondary N) is 1. The number of nitrogens with zero attached hydrogens (tertiary/aromatic N) is 2. The van der Waals surface area contributed by atoms with Gasteiger partial charge in [0.05, 0.1) is 0 Å². The van der Waals surface area contributed by atoms with E-state index in [0.717, 1.165) is 22.4 Å². The second-order valence-electron chi connectivity index (χ2n) is 7.81. The molecule has 1 aliphatic heterocycles. The molecule has 2 heterocycles. The van der Waals surface area contributed by atoms with E-state index in [1.807, 2.05) is 67.3 Å². The van der Waals surface area contributed by atoms with Gasteiger partial charge in [-0.1, -0.05) is 26.0 Å². The summed E-state index contributed by atoms with van der Waals surface area (Å²) >= 11 is 0. The maximum absolute atomic E-state index is 12.6. The molecule has 1 aromatic heterocycles. The zero-order chi connectivity index (χ0) is 20.4. The largest absolute Gasteiger partial charge is 0.436 e. The van der Waals surface area contributed by atoms with Crippen LogP contribution in [0.5, 0.6) is 0 Å². The summed E-state index contributed by atoms with van der Waals surface area (Å²) in [7, 11) is 0. The van der Waals surface area contributed by atoms with Crippen molar-refractivity contribution in [3.63, 3.8) is 0 Å². The van der Waals surface area contributed by atoms with Crippen LogP contribution in [0, 0.1) is 11.8 Å². The molecule has 1 saturated heterocycles. The van der Waals surface area contributed by atoms with Crippen LogP contribution in [0.3, 0.4) is 0 Å². The summed E-state index contributed by atoms with van der Waals surface area (Å²) in [6.07, 6.45) is 1.40. The smallest absolute Gasteiger partial charge is 0.227 e. The Labute approximate surface area is 169 Å². The number of hydrogen-bond acceptors (Lipinski definition) is 4. The van der Waals surface area contributed by atoms with E-state index in [-0.39, 0.29) is 23.7 Å². The van der Waals surface area contributed by atoms with E-state index in [2.05, 4.69) is 10.3 Å². The number of carbonyl (C=O) groups is 2. The van der Waals surface area contributed by atoms with Gasteiger partial charge in [-0.25, -0.2) is 4.98 Å². The lowest BCUT2D eigenvalue weighted by Crippen LogP contribution is -2.43. The first-order valence-corrected chi connectivity index (χ1v) is 10.1. The van der Waals surface area contributed by atoms with Gasteiger partial charge < -0.3 is 14.6 Å². The molecule has 6 heteroatoms. The van der Waals surface area contributed by atoms with Crippen molar-refractivity contribution in [2.45, 2.75) is 26.7 Å². The van der Waals surface area contributed by atoms with Gasteiger partial charge in [-0.3, -0.25) is 9.59 Å². The number of oxazole rings is 1. The first kappa shape index (κ1) is 19.2. The van der Waals surface area contributed by atoms with E-state index < -0.39 is 0 Å². The van der Waals surface area contributed by atoms with Crippen LogP contribution < -0.4 is 5.32 Å². The summed E-state index contributed by atoms with van der Waals surface area (Å²) in [6, 6.07) is 15.2. The number of fused-ring (bicyclic) bond motifs is 1. The molecule has 1 N–H and O–H groups in total. The Balaban J connectivity index is 1.36. The molecule has 0 atom stereocenters. The fraction of sp³-hybridized carbons (Fsp3) is 0.348. The van der Waals surface area contributed by atoms with Crippen LogP contribution in [0.1, 0.15) is 26.7 Å². The summed E-state index contributed by atoms with van der Waals surface area (Å²) in [5, 5.41) is 2.99. The maximum atomic E-state index is 12.6. The van der Waals surface area contributed by atoms with Gasteiger partial charge in [0.1, 0.15) is 5.52 Å². The number of amides is 2. The first-order chi connectivity index (χ1) is 14.0. The van der Waals surface area contributed by atoms with Gasteiger partial charge in [0.15, 0.2) is 5.58 Å². The lowest BCUT2D eigenvalue weighted by Gasteiger charge is -2.32. The van der Waals surface area contributed by atoms with Crippen molar-refractivity contribution >= 4 is 28.6 Å². The molecule has 0 radical (unpaired) electrons. The standard InChI is InChI=1S/C23H25N3O3/c1-15(2)23(28)26-13-11-16(12-14-26)21(27)24-18-9-7-17(8-10-18)22-25-19-5-3-4-6-20(19)29-22/h3-10,15-16H,11-14H2,1-2H3,(H,24,27). The van der Waals surface area contributed by atoms with Gasteiger partial charge in [-0.05, 0) is 49.2 Å². The van der Waals surface area contributed by atoms with Gasteiger partial charge in [0, 0.05) is 36.2 Å². The molecule has 4 rings (SSSR count). The Morgan fingerprint density at radius 1 is 1.07 bits per heavy atom. The van der Waals surface area contributed by atoms with Crippen molar-refractivity contribution in [1.29, 1.82) is 0 Å². The predicted molar refractivity (Wildman–Crippen MR) is 112 cm³/mol. The SMILES string of the molecule is CC(C)C(=O)N1CCC(C(=O)Nc2ccc(-c3nc4ccccc4o3)cc2)CC1. The van der Waals surface area contributed by atoms with E-state index in [1.165, 1.54) is 0 Å². The minimum Gasteiger partial charge on any atom is -0.436 e. The van der Waals surface area contributed by atoms with Crippen LogP contribution in [-0.2, 0) is 9.59 Å². The highest BCUT2D eigenvalue weighted by molar-refractivity contribution is 5.93. The number of aromatic nitrogens is 1. The average Bonchev–Trinajstić information content (AvgIpc) is 3.18. The highest BCUT2D eigenvalue weighted by atomic mass is 16.3. The van der Waals surface area contributed by atoms with Gasteiger partial charge in [0.25, 0.3) is 0 Å². The molecule has 6 nitrogen and oxygen atoms in total.